The van der Waals surface area contributed by atoms with Crippen LogP contribution in [-0.2, 0) is 19.9 Å². The summed E-state index contributed by atoms with van der Waals surface area (Å²) in [6.45, 7) is 1.95. The second-order valence-electron chi connectivity index (χ2n) is 4.66. The highest BCUT2D eigenvalue weighted by Gasteiger charge is 2.19. The van der Waals surface area contributed by atoms with Gasteiger partial charge < -0.3 is 5.73 Å². The Morgan fingerprint density at radius 3 is 2.70 bits per heavy atom. The first-order chi connectivity index (χ1) is 9.43. The van der Waals surface area contributed by atoms with Crippen molar-refractivity contribution in [3.8, 4) is 0 Å². The highest BCUT2D eigenvalue weighted by Crippen LogP contribution is 2.26. The molecule has 0 bridgehead atoms. The van der Waals surface area contributed by atoms with Crippen LogP contribution < -0.4 is 5.73 Å². The lowest BCUT2D eigenvalue weighted by Gasteiger charge is -2.13. The minimum absolute atomic E-state index is 0.139. The van der Waals surface area contributed by atoms with Crippen molar-refractivity contribution in [2.24, 2.45) is 12.8 Å². The highest BCUT2D eigenvalue weighted by atomic mass is 35.5. The fourth-order valence-electron chi connectivity index (χ4n) is 2.16. The highest BCUT2D eigenvalue weighted by molar-refractivity contribution is 6.31. The van der Waals surface area contributed by atoms with Crippen molar-refractivity contribution in [3.63, 3.8) is 0 Å². The van der Waals surface area contributed by atoms with Crippen LogP contribution in [0.25, 0.3) is 0 Å². The molecule has 0 saturated carbocycles. The summed E-state index contributed by atoms with van der Waals surface area (Å²) >= 11 is 6.23. The third-order valence-corrected chi connectivity index (χ3v) is 3.71. The van der Waals surface area contributed by atoms with E-state index < -0.39 is 17.7 Å². The van der Waals surface area contributed by atoms with Crippen molar-refractivity contribution in [1.29, 1.82) is 0 Å². The SMILES string of the molecule is CCc1nn(C)c(CC(N)c2cc(F)ccc2F)c1Cl. The summed E-state index contributed by atoms with van der Waals surface area (Å²) in [6.07, 6.45) is 0.999. The Kier molecular flexibility index (Phi) is 4.40. The van der Waals surface area contributed by atoms with E-state index in [4.69, 9.17) is 17.3 Å². The molecule has 0 amide bonds. The zero-order valence-corrected chi connectivity index (χ0v) is 12.1. The Morgan fingerprint density at radius 1 is 1.40 bits per heavy atom. The number of nitrogens with zero attached hydrogens (tertiary/aromatic N) is 2. The van der Waals surface area contributed by atoms with E-state index in [1.54, 1.807) is 11.7 Å². The van der Waals surface area contributed by atoms with Gasteiger partial charge in [-0.05, 0) is 24.6 Å². The Morgan fingerprint density at radius 2 is 2.10 bits per heavy atom. The van der Waals surface area contributed by atoms with Crippen molar-refractivity contribution in [3.05, 3.63) is 51.8 Å². The number of aryl methyl sites for hydroxylation is 2. The summed E-state index contributed by atoms with van der Waals surface area (Å²) in [5.41, 5.74) is 7.61. The molecule has 0 aliphatic heterocycles. The van der Waals surface area contributed by atoms with Gasteiger partial charge in [-0.1, -0.05) is 18.5 Å². The maximum Gasteiger partial charge on any atom is 0.128 e. The van der Waals surface area contributed by atoms with Crippen LogP contribution in [0.4, 0.5) is 8.78 Å². The van der Waals surface area contributed by atoms with Gasteiger partial charge in [-0.2, -0.15) is 5.10 Å². The molecule has 108 valence electrons. The van der Waals surface area contributed by atoms with Crippen molar-refractivity contribution < 1.29 is 8.78 Å². The van der Waals surface area contributed by atoms with Gasteiger partial charge in [0.25, 0.3) is 0 Å². The third kappa shape index (κ3) is 2.83. The number of nitrogens with two attached hydrogens (primary N) is 1. The van der Waals surface area contributed by atoms with E-state index in [-0.39, 0.29) is 5.56 Å². The van der Waals surface area contributed by atoms with Gasteiger partial charge in [-0.15, -0.1) is 0 Å². The first-order valence-corrected chi connectivity index (χ1v) is 6.72. The molecule has 6 heteroatoms. The van der Waals surface area contributed by atoms with Crippen LogP contribution >= 0.6 is 11.6 Å². The van der Waals surface area contributed by atoms with E-state index in [1.165, 1.54) is 0 Å². The second-order valence-corrected chi connectivity index (χ2v) is 5.04. The molecule has 1 atom stereocenters. The number of halogens is 3. The zero-order chi connectivity index (χ0) is 14.9. The van der Waals surface area contributed by atoms with Crippen LogP contribution in [0, 0.1) is 11.6 Å². The Bertz CT molecular complexity index is 625. The smallest absolute Gasteiger partial charge is 0.128 e. The van der Waals surface area contributed by atoms with Crippen molar-refractivity contribution >= 4 is 11.6 Å². The molecule has 1 heterocycles. The minimum atomic E-state index is -0.677. The molecule has 0 saturated heterocycles. The van der Waals surface area contributed by atoms with Crippen LogP contribution in [0.5, 0.6) is 0 Å². The molecule has 1 unspecified atom stereocenters. The van der Waals surface area contributed by atoms with Crippen LogP contribution in [-0.4, -0.2) is 9.78 Å². The summed E-state index contributed by atoms with van der Waals surface area (Å²) in [4.78, 5) is 0. The van der Waals surface area contributed by atoms with E-state index in [2.05, 4.69) is 5.10 Å². The molecule has 2 aromatic rings. The van der Waals surface area contributed by atoms with E-state index in [9.17, 15) is 8.78 Å². The van der Waals surface area contributed by atoms with Gasteiger partial charge in [0.05, 0.1) is 16.4 Å². The summed E-state index contributed by atoms with van der Waals surface area (Å²) in [7, 11) is 1.76. The lowest BCUT2D eigenvalue weighted by Crippen LogP contribution is -2.17. The van der Waals surface area contributed by atoms with Gasteiger partial charge in [0.15, 0.2) is 0 Å². The van der Waals surface area contributed by atoms with Gasteiger partial charge in [-0.3, -0.25) is 4.68 Å². The molecule has 0 fully saturated rings. The van der Waals surface area contributed by atoms with Crippen molar-refractivity contribution in [2.75, 3.05) is 0 Å². The maximum absolute atomic E-state index is 13.7. The molecule has 20 heavy (non-hydrogen) atoms. The fraction of sp³-hybridized carbons (Fsp3) is 0.357. The monoisotopic (exact) mass is 299 g/mol. The largest absolute Gasteiger partial charge is 0.324 e. The average Bonchev–Trinajstić information content (AvgIpc) is 2.68. The lowest BCUT2D eigenvalue weighted by molar-refractivity contribution is 0.553. The lowest BCUT2D eigenvalue weighted by atomic mass is 10.0. The van der Waals surface area contributed by atoms with Gasteiger partial charge in [-0.25, -0.2) is 8.78 Å². The van der Waals surface area contributed by atoms with Gasteiger partial charge in [0, 0.05) is 25.1 Å². The molecule has 2 rings (SSSR count). The summed E-state index contributed by atoms with van der Waals surface area (Å²) in [5, 5.41) is 4.82. The number of rotatable bonds is 4. The molecule has 1 aromatic carbocycles. The summed E-state index contributed by atoms with van der Waals surface area (Å²) in [5.74, 6) is -1.03. The number of aromatic nitrogens is 2. The van der Waals surface area contributed by atoms with Gasteiger partial charge in [0.1, 0.15) is 11.6 Å². The second kappa shape index (κ2) is 5.89. The quantitative estimate of drug-likeness (QED) is 0.942. The summed E-state index contributed by atoms with van der Waals surface area (Å²) < 4.78 is 28.5. The van der Waals surface area contributed by atoms with Crippen LogP contribution in [0.1, 0.15) is 29.9 Å². The first kappa shape index (κ1) is 14.9. The average molecular weight is 300 g/mol. The zero-order valence-electron chi connectivity index (χ0n) is 11.3. The van der Waals surface area contributed by atoms with E-state index in [0.29, 0.717) is 17.9 Å². The Labute approximate surface area is 121 Å². The van der Waals surface area contributed by atoms with E-state index >= 15 is 0 Å². The topological polar surface area (TPSA) is 43.8 Å². The molecule has 1 aromatic heterocycles. The molecular weight excluding hydrogens is 284 g/mol. The fourth-order valence-corrected chi connectivity index (χ4v) is 2.53. The van der Waals surface area contributed by atoms with Crippen LogP contribution in [0.2, 0.25) is 5.02 Å². The van der Waals surface area contributed by atoms with E-state index in [1.807, 2.05) is 6.92 Å². The maximum atomic E-state index is 13.7. The van der Waals surface area contributed by atoms with E-state index in [0.717, 1.165) is 29.6 Å². The number of benzene rings is 1. The standard InChI is InChI=1S/C14H16ClF2N3/c1-3-12-14(15)13(20(2)19-12)7-11(18)9-6-8(16)4-5-10(9)17/h4-6,11H,3,7,18H2,1-2H3. The molecule has 0 aliphatic carbocycles. The Hall–Kier alpha value is -1.46. The summed E-state index contributed by atoms with van der Waals surface area (Å²) in [6, 6.07) is 2.58. The number of hydrogen-bond donors (Lipinski definition) is 1. The molecule has 2 N–H and O–H groups in total. The van der Waals surface area contributed by atoms with Gasteiger partial charge in [0.2, 0.25) is 0 Å². The molecule has 0 aliphatic rings. The molecular formula is C14H16ClF2N3. The van der Waals surface area contributed by atoms with Crippen LogP contribution in [0.3, 0.4) is 0 Å². The van der Waals surface area contributed by atoms with Crippen molar-refractivity contribution in [1.82, 2.24) is 9.78 Å². The Balaban J connectivity index is 2.30. The molecule has 0 radical (unpaired) electrons. The number of hydrogen-bond acceptors (Lipinski definition) is 2. The van der Waals surface area contributed by atoms with Crippen LogP contribution in [0.15, 0.2) is 18.2 Å². The molecule has 3 nitrogen and oxygen atoms in total. The third-order valence-electron chi connectivity index (χ3n) is 3.27. The van der Waals surface area contributed by atoms with Crippen molar-refractivity contribution in [2.45, 2.75) is 25.8 Å². The normalized spacial score (nSPS) is 12.7. The predicted octanol–water partition coefficient (Wildman–Crippen LogP) is 3.16. The molecule has 0 spiro atoms. The van der Waals surface area contributed by atoms with Gasteiger partial charge >= 0.3 is 0 Å². The predicted molar refractivity (Wildman–Crippen MR) is 74.6 cm³/mol. The minimum Gasteiger partial charge on any atom is -0.324 e. The first-order valence-electron chi connectivity index (χ1n) is 6.34.